The van der Waals surface area contributed by atoms with E-state index in [-0.39, 0.29) is 18.1 Å². The molecule has 1 rings (SSSR count). The molecule has 0 aliphatic carbocycles. The van der Waals surface area contributed by atoms with Gasteiger partial charge in [-0.05, 0) is 25.1 Å². The first-order chi connectivity index (χ1) is 9.38. The number of amides is 2. The molecule has 0 saturated heterocycles. The summed E-state index contributed by atoms with van der Waals surface area (Å²) in [5, 5.41) is 14.7. The molecule has 0 spiro atoms. The molecule has 2 amide bonds. The first-order valence-electron chi connectivity index (χ1n) is 6.85. The minimum absolute atomic E-state index is 0.0318. The zero-order valence-corrected chi connectivity index (χ0v) is 12.7. The van der Waals surface area contributed by atoms with Gasteiger partial charge in [0.15, 0.2) is 0 Å². The van der Waals surface area contributed by atoms with Crippen molar-refractivity contribution in [3.8, 4) is 0 Å². The molecule has 0 fully saturated rings. The number of hydrogen-bond donors (Lipinski definition) is 3. The second-order valence-electron chi connectivity index (χ2n) is 5.69. The van der Waals surface area contributed by atoms with Crippen LogP contribution in [-0.2, 0) is 0 Å². The van der Waals surface area contributed by atoms with Crippen LogP contribution in [0.3, 0.4) is 0 Å². The number of carbonyl (C=O) groups is 1. The number of nitrogens with one attached hydrogen (secondary N) is 2. The van der Waals surface area contributed by atoms with Gasteiger partial charge in [0, 0.05) is 43.5 Å². The Labute approximate surface area is 121 Å². The SMILES string of the molecule is CCN(C)c1cccc(NC(=O)NCC(C)(C)CO)c1. The molecule has 0 radical (unpaired) electrons. The predicted octanol–water partition coefficient (Wildman–Crippen LogP) is 2.28. The Morgan fingerprint density at radius 3 is 2.70 bits per heavy atom. The predicted molar refractivity (Wildman–Crippen MR) is 83.3 cm³/mol. The number of hydrogen-bond acceptors (Lipinski definition) is 3. The number of rotatable bonds is 6. The van der Waals surface area contributed by atoms with Crippen molar-refractivity contribution in [2.75, 3.05) is 37.0 Å². The zero-order chi connectivity index (χ0) is 15.2. The van der Waals surface area contributed by atoms with E-state index >= 15 is 0 Å². The topological polar surface area (TPSA) is 64.6 Å². The first-order valence-corrected chi connectivity index (χ1v) is 6.85. The van der Waals surface area contributed by atoms with Gasteiger partial charge in [-0.25, -0.2) is 4.79 Å². The fourth-order valence-electron chi connectivity index (χ4n) is 1.55. The third kappa shape index (κ3) is 5.09. The lowest BCUT2D eigenvalue weighted by Gasteiger charge is -2.22. The zero-order valence-electron chi connectivity index (χ0n) is 12.7. The molecule has 0 saturated carbocycles. The minimum atomic E-state index is -0.318. The molecule has 1 aromatic rings. The number of urea groups is 1. The maximum atomic E-state index is 11.8. The Morgan fingerprint density at radius 2 is 2.10 bits per heavy atom. The van der Waals surface area contributed by atoms with Gasteiger partial charge >= 0.3 is 6.03 Å². The Kier molecular flexibility index (Phi) is 5.82. The summed E-state index contributed by atoms with van der Waals surface area (Å²) in [6, 6.07) is 7.43. The molecule has 0 aromatic heterocycles. The van der Waals surface area contributed by atoms with Gasteiger partial charge in [0.25, 0.3) is 0 Å². The number of anilines is 2. The fraction of sp³-hybridized carbons (Fsp3) is 0.533. The van der Waals surface area contributed by atoms with Crippen LogP contribution in [-0.4, -0.2) is 37.9 Å². The van der Waals surface area contributed by atoms with E-state index in [0.717, 1.165) is 17.9 Å². The Balaban J connectivity index is 2.58. The third-order valence-corrected chi connectivity index (χ3v) is 3.17. The van der Waals surface area contributed by atoms with Crippen LogP contribution in [0.1, 0.15) is 20.8 Å². The highest BCUT2D eigenvalue weighted by Gasteiger charge is 2.17. The largest absolute Gasteiger partial charge is 0.396 e. The number of nitrogens with zero attached hydrogens (tertiary/aromatic N) is 1. The van der Waals surface area contributed by atoms with Crippen molar-refractivity contribution < 1.29 is 9.90 Å². The van der Waals surface area contributed by atoms with Crippen LogP contribution in [0.5, 0.6) is 0 Å². The van der Waals surface area contributed by atoms with Crippen molar-refractivity contribution in [2.24, 2.45) is 5.41 Å². The summed E-state index contributed by atoms with van der Waals surface area (Å²) in [6.45, 7) is 7.21. The second kappa shape index (κ2) is 7.14. The summed E-state index contributed by atoms with van der Waals surface area (Å²) in [6.07, 6.45) is 0. The molecular formula is C15H25N3O2. The maximum Gasteiger partial charge on any atom is 0.319 e. The lowest BCUT2D eigenvalue weighted by molar-refractivity contribution is 0.158. The maximum absolute atomic E-state index is 11.8. The Morgan fingerprint density at radius 1 is 1.40 bits per heavy atom. The fourth-order valence-corrected chi connectivity index (χ4v) is 1.55. The molecule has 20 heavy (non-hydrogen) atoms. The van der Waals surface area contributed by atoms with Gasteiger partial charge in [-0.1, -0.05) is 19.9 Å². The summed E-state index contributed by atoms with van der Waals surface area (Å²) in [7, 11) is 2.00. The lowest BCUT2D eigenvalue weighted by Crippen LogP contribution is -2.38. The molecule has 0 heterocycles. The summed E-state index contributed by atoms with van der Waals surface area (Å²) in [4.78, 5) is 13.9. The molecule has 0 atom stereocenters. The normalized spacial score (nSPS) is 11.1. The average molecular weight is 279 g/mol. The van der Waals surface area contributed by atoms with Crippen LogP contribution in [0.4, 0.5) is 16.2 Å². The van der Waals surface area contributed by atoms with Gasteiger partial charge in [-0.15, -0.1) is 0 Å². The van der Waals surface area contributed by atoms with E-state index in [4.69, 9.17) is 5.11 Å². The van der Waals surface area contributed by atoms with Crippen molar-refractivity contribution >= 4 is 17.4 Å². The van der Waals surface area contributed by atoms with Crippen LogP contribution in [0.15, 0.2) is 24.3 Å². The number of benzene rings is 1. The molecular weight excluding hydrogens is 254 g/mol. The van der Waals surface area contributed by atoms with Gasteiger partial charge in [0.1, 0.15) is 0 Å². The number of aliphatic hydroxyl groups excluding tert-OH is 1. The summed E-state index contributed by atoms with van der Waals surface area (Å²) < 4.78 is 0. The quantitative estimate of drug-likeness (QED) is 0.748. The molecule has 0 bridgehead atoms. The summed E-state index contributed by atoms with van der Waals surface area (Å²) in [5.74, 6) is 0. The smallest absolute Gasteiger partial charge is 0.319 e. The van der Waals surface area contributed by atoms with Gasteiger partial charge in [0.05, 0.1) is 0 Å². The Hall–Kier alpha value is -1.75. The van der Waals surface area contributed by atoms with Gasteiger partial charge in [-0.2, -0.15) is 0 Å². The van der Waals surface area contributed by atoms with Crippen molar-refractivity contribution in [1.29, 1.82) is 0 Å². The van der Waals surface area contributed by atoms with E-state index in [1.165, 1.54) is 0 Å². The highest BCUT2D eigenvalue weighted by molar-refractivity contribution is 5.89. The Bertz CT molecular complexity index is 446. The highest BCUT2D eigenvalue weighted by Crippen LogP contribution is 2.18. The van der Waals surface area contributed by atoms with Crippen LogP contribution < -0.4 is 15.5 Å². The van der Waals surface area contributed by atoms with Gasteiger partial charge < -0.3 is 20.6 Å². The van der Waals surface area contributed by atoms with E-state index in [9.17, 15) is 4.79 Å². The van der Waals surface area contributed by atoms with Crippen molar-refractivity contribution in [1.82, 2.24) is 5.32 Å². The van der Waals surface area contributed by atoms with E-state index in [2.05, 4.69) is 22.5 Å². The van der Waals surface area contributed by atoms with Crippen LogP contribution >= 0.6 is 0 Å². The van der Waals surface area contributed by atoms with E-state index in [1.54, 1.807) is 0 Å². The van der Waals surface area contributed by atoms with E-state index in [0.29, 0.717) is 6.54 Å². The highest BCUT2D eigenvalue weighted by atomic mass is 16.3. The van der Waals surface area contributed by atoms with Crippen LogP contribution in [0.25, 0.3) is 0 Å². The molecule has 0 aliphatic heterocycles. The molecule has 112 valence electrons. The van der Waals surface area contributed by atoms with Gasteiger partial charge in [-0.3, -0.25) is 0 Å². The standard InChI is InChI=1S/C15H25N3O2/c1-5-18(4)13-8-6-7-12(9-13)17-14(20)16-10-15(2,3)11-19/h6-9,19H,5,10-11H2,1-4H3,(H2,16,17,20). The van der Waals surface area contributed by atoms with Crippen LogP contribution in [0, 0.1) is 5.41 Å². The van der Waals surface area contributed by atoms with Crippen LogP contribution in [0.2, 0.25) is 0 Å². The lowest BCUT2D eigenvalue weighted by atomic mass is 9.95. The van der Waals surface area contributed by atoms with Crippen molar-refractivity contribution in [2.45, 2.75) is 20.8 Å². The molecule has 3 N–H and O–H groups in total. The molecule has 5 nitrogen and oxygen atoms in total. The number of aliphatic hydroxyl groups is 1. The first kappa shape index (κ1) is 16.3. The average Bonchev–Trinajstić information content (AvgIpc) is 2.44. The van der Waals surface area contributed by atoms with Crippen molar-refractivity contribution in [3.05, 3.63) is 24.3 Å². The second-order valence-corrected chi connectivity index (χ2v) is 5.69. The summed E-state index contributed by atoms with van der Waals surface area (Å²) >= 11 is 0. The molecule has 0 aliphatic rings. The van der Waals surface area contributed by atoms with Crippen molar-refractivity contribution in [3.63, 3.8) is 0 Å². The summed E-state index contributed by atoms with van der Waals surface area (Å²) in [5.41, 5.74) is 1.49. The van der Waals surface area contributed by atoms with E-state index in [1.807, 2.05) is 45.2 Å². The monoisotopic (exact) mass is 279 g/mol. The molecule has 1 aromatic carbocycles. The minimum Gasteiger partial charge on any atom is -0.396 e. The molecule has 5 heteroatoms. The van der Waals surface area contributed by atoms with E-state index < -0.39 is 0 Å². The third-order valence-electron chi connectivity index (χ3n) is 3.17. The molecule has 0 unspecified atom stereocenters. The van der Waals surface area contributed by atoms with Gasteiger partial charge in [0.2, 0.25) is 0 Å². The number of carbonyl (C=O) groups excluding carboxylic acids is 1.